The first-order chi connectivity index (χ1) is 9.26. The van der Waals surface area contributed by atoms with Crippen LogP contribution in [0, 0.1) is 0 Å². The second-order valence-electron chi connectivity index (χ2n) is 5.33. The van der Waals surface area contributed by atoms with Crippen LogP contribution in [0.4, 0.5) is 0 Å². The number of unbranched alkanes of at least 4 members (excludes halogenated alkanes) is 6. The maximum atomic E-state index is 3.53. The van der Waals surface area contributed by atoms with Gasteiger partial charge in [0.1, 0.15) is 0 Å². The summed E-state index contributed by atoms with van der Waals surface area (Å²) in [6.07, 6.45) is 12.3. The lowest BCUT2D eigenvalue weighted by atomic mass is 10.0. The van der Waals surface area contributed by atoms with Crippen molar-refractivity contribution in [2.75, 3.05) is 7.05 Å². The average molecular weight is 346 g/mol. The second kappa shape index (κ2) is 10.9. The molecule has 1 aromatic heterocycles. The quantitative estimate of drug-likeness (QED) is 0.501. The standard InChI is InChI=1S/C16H28BrNS/c1-3-4-5-6-7-8-9-10-15(18-2)12-16-11-14(17)13-19-16/h11,13,15,18H,3-10,12H2,1-2H3. The molecule has 1 N–H and O–H groups in total. The molecule has 1 aromatic rings. The van der Waals surface area contributed by atoms with Crippen LogP contribution in [0.15, 0.2) is 15.9 Å². The molecule has 0 saturated heterocycles. The van der Waals surface area contributed by atoms with Gasteiger partial charge in [0.2, 0.25) is 0 Å². The molecule has 3 heteroatoms. The van der Waals surface area contributed by atoms with Crippen molar-refractivity contribution in [2.45, 2.75) is 70.8 Å². The molecular formula is C16H28BrNS. The highest BCUT2D eigenvalue weighted by atomic mass is 79.9. The third-order valence-electron chi connectivity index (χ3n) is 3.63. The van der Waals surface area contributed by atoms with E-state index in [2.05, 4.69) is 46.7 Å². The van der Waals surface area contributed by atoms with Gasteiger partial charge in [0, 0.05) is 20.8 Å². The Labute approximate surface area is 131 Å². The highest BCUT2D eigenvalue weighted by Crippen LogP contribution is 2.22. The van der Waals surface area contributed by atoms with Crippen LogP contribution in [0.3, 0.4) is 0 Å². The van der Waals surface area contributed by atoms with Crippen LogP contribution in [0.2, 0.25) is 0 Å². The van der Waals surface area contributed by atoms with E-state index in [9.17, 15) is 0 Å². The second-order valence-corrected chi connectivity index (χ2v) is 7.24. The number of hydrogen-bond acceptors (Lipinski definition) is 2. The Morgan fingerprint density at radius 2 is 1.84 bits per heavy atom. The van der Waals surface area contributed by atoms with Gasteiger partial charge in [0.05, 0.1) is 0 Å². The first-order valence-corrected chi connectivity index (χ1v) is 9.33. The van der Waals surface area contributed by atoms with Gasteiger partial charge in [-0.2, -0.15) is 0 Å². The number of rotatable bonds is 11. The smallest absolute Gasteiger partial charge is 0.0285 e. The maximum absolute atomic E-state index is 3.53. The van der Waals surface area contributed by atoms with Gasteiger partial charge >= 0.3 is 0 Å². The van der Waals surface area contributed by atoms with E-state index < -0.39 is 0 Å². The molecule has 1 unspecified atom stereocenters. The number of hydrogen-bond donors (Lipinski definition) is 1. The van der Waals surface area contributed by atoms with Gasteiger partial charge in [-0.05, 0) is 41.9 Å². The summed E-state index contributed by atoms with van der Waals surface area (Å²) in [5.41, 5.74) is 0. The fraction of sp³-hybridized carbons (Fsp3) is 0.750. The van der Waals surface area contributed by atoms with Gasteiger partial charge in [-0.3, -0.25) is 0 Å². The Balaban J connectivity index is 2.08. The van der Waals surface area contributed by atoms with Crippen molar-refractivity contribution in [1.82, 2.24) is 5.32 Å². The van der Waals surface area contributed by atoms with Gasteiger partial charge in [-0.1, -0.05) is 51.9 Å². The third-order valence-corrected chi connectivity index (χ3v) is 5.35. The topological polar surface area (TPSA) is 12.0 Å². The normalized spacial score (nSPS) is 12.8. The van der Waals surface area contributed by atoms with Gasteiger partial charge in [-0.25, -0.2) is 0 Å². The summed E-state index contributed by atoms with van der Waals surface area (Å²) in [5.74, 6) is 0. The zero-order valence-corrected chi connectivity index (χ0v) is 14.8. The maximum Gasteiger partial charge on any atom is 0.0285 e. The molecule has 19 heavy (non-hydrogen) atoms. The van der Waals surface area contributed by atoms with Crippen LogP contribution in [-0.4, -0.2) is 13.1 Å². The number of likely N-dealkylation sites (N-methyl/N-ethyl adjacent to an activating group) is 1. The fourth-order valence-electron chi connectivity index (χ4n) is 2.40. The minimum atomic E-state index is 0.640. The summed E-state index contributed by atoms with van der Waals surface area (Å²) in [6.45, 7) is 2.28. The SMILES string of the molecule is CCCCCCCCCC(Cc1cc(Br)cs1)NC. The molecule has 110 valence electrons. The Morgan fingerprint density at radius 1 is 1.16 bits per heavy atom. The first kappa shape index (κ1) is 17.2. The van der Waals surface area contributed by atoms with Crippen LogP contribution in [-0.2, 0) is 6.42 Å². The molecule has 1 heterocycles. The van der Waals surface area contributed by atoms with E-state index in [-0.39, 0.29) is 0 Å². The minimum Gasteiger partial charge on any atom is -0.317 e. The molecule has 0 bridgehead atoms. The van der Waals surface area contributed by atoms with Crippen molar-refractivity contribution in [3.63, 3.8) is 0 Å². The van der Waals surface area contributed by atoms with E-state index in [1.54, 1.807) is 0 Å². The highest BCUT2D eigenvalue weighted by Gasteiger charge is 2.08. The van der Waals surface area contributed by atoms with Crippen LogP contribution in [0.25, 0.3) is 0 Å². The van der Waals surface area contributed by atoms with Crippen molar-refractivity contribution in [3.8, 4) is 0 Å². The van der Waals surface area contributed by atoms with Crippen molar-refractivity contribution in [3.05, 3.63) is 20.8 Å². The van der Waals surface area contributed by atoms with Crippen LogP contribution < -0.4 is 5.32 Å². The average Bonchev–Trinajstić information content (AvgIpc) is 2.81. The predicted octanol–water partition coefficient (Wildman–Crippen LogP) is 5.78. The molecule has 0 aromatic carbocycles. The molecule has 1 atom stereocenters. The van der Waals surface area contributed by atoms with Crippen molar-refractivity contribution < 1.29 is 0 Å². The van der Waals surface area contributed by atoms with E-state index >= 15 is 0 Å². The Kier molecular flexibility index (Phi) is 9.84. The summed E-state index contributed by atoms with van der Waals surface area (Å²) in [6, 6.07) is 2.89. The molecule has 0 aliphatic rings. The van der Waals surface area contributed by atoms with Crippen molar-refractivity contribution >= 4 is 27.3 Å². The predicted molar refractivity (Wildman–Crippen MR) is 91.2 cm³/mol. The van der Waals surface area contributed by atoms with Crippen LogP contribution in [0.1, 0.15) is 63.2 Å². The monoisotopic (exact) mass is 345 g/mol. The zero-order chi connectivity index (χ0) is 13.9. The Morgan fingerprint density at radius 3 is 2.42 bits per heavy atom. The Bertz CT molecular complexity index is 324. The third kappa shape index (κ3) is 8.11. The van der Waals surface area contributed by atoms with Crippen molar-refractivity contribution in [1.29, 1.82) is 0 Å². The molecule has 0 radical (unpaired) electrons. The molecule has 1 nitrogen and oxygen atoms in total. The summed E-state index contributed by atoms with van der Waals surface area (Å²) < 4.78 is 1.22. The van der Waals surface area contributed by atoms with Gasteiger partial charge in [-0.15, -0.1) is 11.3 Å². The largest absolute Gasteiger partial charge is 0.317 e. The number of thiophene rings is 1. The van der Waals surface area contributed by atoms with E-state index in [0.717, 1.165) is 0 Å². The molecule has 0 fully saturated rings. The summed E-state index contributed by atoms with van der Waals surface area (Å²) in [7, 11) is 2.09. The van der Waals surface area contributed by atoms with Gasteiger partial charge in [0.15, 0.2) is 0 Å². The minimum absolute atomic E-state index is 0.640. The van der Waals surface area contributed by atoms with E-state index in [4.69, 9.17) is 0 Å². The lowest BCUT2D eigenvalue weighted by molar-refractivity contribution is 0.480. The van der Waals surface area contributed by atoms with E-state index in [1.165, 1.54) is 67.1 Å². The molecule has 0 aliphatic carbocycles. The van der Waals surface area contributed by atoms with Crippen molar-refractivity contribution in [2.24, 2.45) is 0 Å². The van der Waals surface area contributed by atoms with Crippen LogP contribution in [0.5, 0.6) is 0 Å². The molecule has 0 amide bonds. The first-order valence-electron chi connectivity index (χ1n) is 7.66. The zero-order valence-electron chi connectivity index (χ0n) is 12.4. The van der Waals surface area contributed by atoms with E-state index in [0.29, 0.717) is 6.04 Å². The van der Waals surface area contributed by atoms with Gasteiger partial charge < -0.3 is 5.32 Å². The molecular weight excluding hydrogens is 318 g/mol. The lowest BCUT2D eigenvalue weighted by Crippen LogP contribution is -2.27. The Hall–Kier alpha value is 0.140. The lowest BCUT2D eigenvalue weighted by Gasteiger charge is -2.15. The molecule has 1 rings (SSSR count). The molecule has 0 aliphatic heterocycles. The number of nitrogens with one attached hydrogen (secondary N) is 1. The number of halogens is 1. The van der Waals surface area contributed by atoms with Gasteiger partial charge in [0.25, 0.3) is 0 Å². The molecule has 0 saturated carbocycles. The summed E-state index contributed by atoms with van der Waals surface area (Å²) in [4.78, 5) is 1.48. The summed E-state index contributed by atoms with van der Waals surface area (Å²) in [5, 5.41) is 5.64. The van der Waals surface area contributed by atoms with Crippen LogP contribution >= 0.6 is 27.3 Å². The molecule has 0 spiro atoms. The highest BCUT2D eigenvalue weighted by molar-refractivity contribution is 9.10. The summed E-state index contributed by atoms with van der Waals surface area (Å²) >= 11 is 5.39. The fourth-order valence-corrected chi connectivity index (χ4v) is 3.93. The van der Waals surface area contributed by atoms with E-state index in [1.807, 2.05) is 11.3 Å².